The largest absolute Gasteiger partial charge is 0.504 e. The summed E-state index contributed by atoms with van der Waals surface area (Å²) in [5.74, 6) is -6.11. The van der Waals surface area contributed by atoms with E-state index in [1.54, 1.807) is 13.8 Å². The first-order chi connectivity index (χ1) is 29.5. The number of hydrogen-bond donors (Lipinski definition) is 10. The van der Waals surface area contributed by atoms with Gasteiger partial charge in [0, 0.05) is 39.4 Å². The number of hydrogen-bond acceptors (Lipinski definition) is 10. The molecule has 19 heteroatoms. The molecule has 19 nitrogen and oxygen atoms in total. The van der Waals surface area contributed by atoms with Crippen LogP contribution in [0.3, 0.4) is 0 Å². The molecule has 0 aliphatic rings. The Bertz CT molecular complexity index is 2530. The fourth-order valence-corrected chi connectivity index (χ4v) is 5.64. The first-order valence-electron chi connectivity index (χ1n) is 18.5. The molecule has 5 aromatic rings. The van der Waals surface area contributed by atoms with Crippen LogP contribution in [0.5, 0.6) is 11.5 Å². The van der Waals surface area contributed by atoms with Crippen molar-refractivity contribution < 1.29 is 53.3 Å². The molecular formula is C43H40N8O11. The zero-order valence-corrected chi connectivity index (χ0v) is 33.0. The number of ether oxygens (including phenoxy) is 1. The van der Waals surface area contributed by atoms with E-state index in [9.17, 15) is 43.5 Å². The van der Waals surface area contributed by atoms with Crippen LogP contribution in [-0.2, 0) is 9.59 Å². The number of amides is 8. The van der Waals surface area contributed by atoms with Gasteiger partial charge in [-0.25, -0.2) is 9.59 Å². The quantitative estimate of drug-likeness (QED) is 0.0647. The number of anilines is 5. The van der Waals surface area contributed by atoms with Crippen molar-refractivity contribution in [3.05, 3.63) is 137 Å². The molecule has 62 heavy (non-hydrogen) atoms. The molecule has 0 spiro atoms. The van der Waals surface area contributed by atoms with Gasteiger partial charge in [-0.1, -0.05) is 0 Å². The number of phenols is 1. The van der Waals surface area contributed by atoms with E-state index in [4.69, 9.17) is 21.3 Å². The Morgan fingerprint density at radius 3 is 1.45 bits per heavy atom. The number of carbonyl (C=O) groups excluding carboxylic acids is 7. The summed E-state index contributed by atoms with van der Waals surface area (Å²) >= 11 is 0. The monoisotopic (exact) mass is 844 g/mol. The van der Waals surface area contributed by atoms with Gasteiger partial charge in [0.2, 0.25) is 11.8 Å². The lowest BCUT2D eigenvalue weighted by atomic mass is 10.1. The second-order valence-corrected chi connectivity index (χ2v) is 13.7. The number of rotatable bonds is 16. The van der Waals surface area contributed by atoms with E-state index in [1.807, 2.05) is 0 Å². The summed E-state index contributed by atoms with van der Waals surface area (Å²) in [6.45, 7) is 3.35. The number of aromatic carboxylic acids is 1. The molecule has 12 N–H and O–H groups in total. The van der Waals surface area contributed by atoms with Crippen LogP contribution in [0.4, 0.5) is 33.2 Å². The summed E-state index contributed by atoms with van der Waals surface area (Å²) in [5, 5.41) is 35.5. The number of carboxylic acids is 1. The van der Waals surface area contributed by atoms with E-state index in [0.717, 1.165) is 0 Å². The van der Waals surface area contributed by atoms with Gasteiger partial charge in [0.1, 0.15) is 6.04 Å². The molecule has 1 atom stereocenters. The van der Waals surface area contributed by atoms with Crippen LogP contribution >= 0.6 is 0 Å². The Kier molecular flexibility index (Phi) is 14.2. The summed E-state index contributed by atoms with van der Waals surface area (Å²) in [6, 6.07) is 23.1. The third-order valence-electron chi connectivity index (χ3n) is 8.63. The smallest absolute Gasteiger partial charge is 0.335 e. The third-order valence-corrected chi connectivity index (χ3v) is 8.63. The van der Waals surface area contributed by atoms with Gasteiger partial charge >= 0.3 is 12.0 Å². The number of nitrogens with two attached hydrogens (primary N) is 2. The van der Waals surface area contributed by atoms with Gasteiger partial charge in [0.25, 0.3) is 23.6 Å². The topological polar surface area (TPSA) is 310 Å². The highest BCUT2D eigenvalue weighted by Crippen LogP contribution is 2.39. The van der Waals surface area contributed by atoms with Gasteiger partial charge in [0.15, 0.2) is 11.5 Å². The molecule has 5 aromatic carbocycles. The Morgan fingerprint density at radius 1 is 0.548 bits per heavy atom. The minimum absolute atomic E-state index is 0.0171. The molecule has 0 saturated carbocycles. The van der Waals surface area contributed by atoms with Crippen molar-refractivity contribution in [3.8, 4) is 11.5 Å². The molecule has 0 aliphatic heterocycles. The van der Waals surface area contributed by atoms with Gasteiger partial charge in [-0.15, -0.1) is 0 Å². The lowest BCUT2D eigenvalue weighted by Crippen LogP contribution is -2.46. The van der Waals surface area contributed by atoms with E-state index >= 15 is 0 Å². The van der Waals surface area contributed by atoms with Crippen LogP contribution in [0.15, 0.2) is 109 Å². The Hall–Kier alpha value is -8.74. The van der Waals surface area contributed by atoms with Gasteiger partial charge in [-0.3, -0.25) is 28.8 Å². The average Bonchev–Trinajstić information content (AvgIpc) is 3.22. The molecule has 5 rings (SSSR count). The zero-order chi connectivity index (χ0) is 45.1. The zero-order valence-electron chi connectivity index (χ0n) is 33.0. The first kappa shape index (κ1) is 44.4. The second kappa shape index (κ2) is 19.8. The van der Waals surface area contributed by atoms with Gasteiger partial charge in [-0.05, 0) is 123 Å². The summed E-state index contributed by atoms with van der Waals surface area (Å²) < 4.78 is 5.76. The number of nitrogens with one attached hydrogen (secondary N) is 6. The van der Waals surface area contributed by atoms with Crippen molar-refractivity contribution in [2.24, 2.45) is 11.5 Å². The lowest BCUT2D eigenvalue weighted by molar-refractivity contribution is -0.123. The average molecular weight is 845 g/mol. The fourth-order valence-electron chi connectivity index (χ4n) is 5.64. The minimum Gasteiger partial charge on any atom is -0.504 e. The van der Waals surface area contributed by atoms with Crippen molar-refractivity contribution in [2.45, 2.75) is 32.4 Å². The van der Waals surface area contributed by atoms with Crippen LogP contribution in [0, 0.1) is 0 Å². The van der Waals surface area contributed by atoms with E-state index in [0.29, 0.717) is 11.4 Å². The van der Waals surface area contributed by atoms with Crippen LogP contribution in [0.2, 0.25) is 0 Å². The van der Waals surface area contributed by atoms with Crippen molar-refractivity contribution in [1.29, 1.82) is 0 Å². The number of phenolic OH excluding ortho intramolecular Hbond substituents is 1. The molecule has 8 amide bonds. The van der Waals surface area contributed by atoms with Crippen molar-refractivity contribution >= 4 is 75.9 Å². The fraction of sp³-hybridized carbons (Fsp3) is 0.116. The van der Waals surface area contributed by atoms with Gasteiger partial charge < -0.3 is 58.3 Å². The summed E-state index contributed by atoms with van der Waals surface area (Å²) in [4.78, 5) is 99.4. The van der Waals surface area contributed by atoms with Crippen molar-refractivity contribution in [3.63, 3.8) is 0 Å². The number of benzene rings is 5. The first-order valence-corrected chi connectivity index (χ1v) is 18.5. The molecule has 0 radical (unpaired) electrons. The Labute approximate surface area is 352 Å². The Morgan fingerprint density at radius 2 is 0.984 bits per heavy atom. The predicted molar refractivity (Wildman–Crippen MR) is 227 cm³/mol. The van der Waals surface area contributed by atoms with Gasteiger partial charge in [-0.2, -0.15) is 0 Å². The van der Waals surface area contributed by atoms with E-state index in [-0.39, 0.29) is 50.6 Å². The Balaban J connectivity index is 1.20. The van der Waals surface area contributed by atoms with E-state index in [2.05, 4.69) is 31.9 Å². The number of carbonyl (C=O) groups is 8. The standard InChI is InChI=1S/C43H40N8O11/c1-22(2)62-36-32(20-19-31(35(36)53)40(57)47-28-17-9-26(10-18-28)42(59)60)50-38(55)24-5-13-29(14-6-24)48-41(58)33(21-34(44)52)51-39(56)25-3-11-27(12-4-25)46-37(54)23-7-15-30(16-8-23)49-43(45)61/h3-20,22,33,53H,21H2,1-2H3,(H2,44,52)(H,46,54)(H,47,57)(H,48,58)(H,50,55)(H,51,56)(H,59,60)(H3,45,49,61)/t33-/m0/s1. The minimum atomic E-state index is -1.40. The maximum atomic E-state index is 13.3. The number of urea groups is 1. The molecule has 0 fully saturated rings. The van der Waals surface area contributed by atoms with Crippen LogP contribution < -0.4 is 48.1 Å². The number of aromatic hydroxyl groups is 1. The molecule has 0 aromatic heterocycles. The highest BCUT2D eigenvalue weighted by Gasteiger charge is 2.25. The molecule has 0 unspecified atom stereocenters. The lowest BCUT2D eigenvalue weighted by Gasteiger charge is -2.19. The molecule has 318 valence electrons. The van der Waals surface area contributed by atoms with Crippen LogP contribution in [0.25, 0.3) is 0 Å². The highest BCUT2D eigenvalue weighted by atomic mass is 16.5. The SMILES string of the molecule is CC(C)Oc1c(NC(=O)c2ccc(NC(=O)[C@H](CC(N)=O)NC(=O)c3ccc(NC(=O)c4ccc(NC(N)=O)cc4)cc3)cc2)ccc(C(=O)Nc2ccc(C(=O)O)cc2)c1O. The van der Waals surface area contributed by atoms with E-state index in [1.165, 1.54) is 109 Å². The predicted octanol–water partition coefficient (Wildman–Crippen LogP) is 4.74. The summed E-state index contributed by atoms with van der Waals surface area (Å²) in [5.41, 5.74) is 12.0. The molecular weight excluding hydrogens is 805 g/mol. The maximum absolute atomic E-state index is 13.3. The van der Waals surface area contributed by atoms with E-state index < -0.39 is 71.8 Å². The highest BCUT2D eigenvalue weighted by molar-refractivity contribution is 6.10. The second-order valence-electron chi connectivity index (χ2n) is 13.7. The molecule has 0 heterocycles. The molecule has 0 aliphatic carbocycles. The van der Waals surface area contributed by atoms with Crippen LogP contribution in [0.1, 0.15) is 72.1 Å². The number of carboxylic acid groups (broad SMARTS) is 1. The maximum Gasteiger partial charge on any atom is 0.335 e. The normalized spacial score (nSPS) is 11.0. The molecule has 0 bridgehead atoms. The number of primary amides is 2. The van der Waals surface area contributed by atoms with Crippen LogP contribution in [-0.4, -0.2) is 69.8 Å². The summed E-state index contributed by atoms with van der Waals surface area (Å²) in [6.07, 6.45) is -1.04. The third kappa shape index (κ3) is 11.9. The summed E-state index contributed by atoms with van der Waals surface area (Å²) in [7, 11) is 0. The molecule has 0 saturated heterocycles. The van der Waals surface area contributed by atoms with Gasteiger partial charge in [0.05, 0.1) is 29.3 Å². The van der Waals surface area contributed by atoms with Crippen molar-refractivity contribution in [1.82, 2.24) is 5.32 Å². The van der Waals surface area contributed by atoms with Crippen molar-refractivity contribution in [2.75, 3.05) is 26.6 Å².